The van der Waals surface area contributed by atoms with Gasteiger partial charge in [0, 0.05) is 25.5 Å². The van der Waals surface area contributed by atoms with Crippen molar-refractivity contribution in [1.82, 2.24) is 5.32 Å². The van der Waals surface area contributed by atoms with Crippen molar-refractivity contribution in [1.29, 1.82) is 0 Å². The SMILES string of the molecule is COCC(CCO)NC(=O)c1ccc(OC)cc1N. The standard InChI is InChI=1S/C13H20N2O4/c1-18-8-9(5-6-16)15-13(17)11-4-3-10(19-2)7-12(11)14/h3-4,7,9,16H,5-6,8,14H2,1-2H3,(H,15,17). The lowest BCUT2D eigenvalue weighted by Crippen LogP contribution is -2.39. The summed E-state index contributed by atoms with van der Waals surface area (Å²) in [4.78, 5) is 12.1. The fourth-order valence-corrected chi connectivity index (χ4v) is 1.69. The molecular weight excluding hydrogens is 248 g/mol. The van der Waals surface area contributed by atoms with Crippen molar-refractivity contribution in [3.8, 4) is 5.75 Å². The molecule has 1 atom stereocenters. The maximum absolute atomic E-state index is 12.1. The van der Waals surface area contributed by atoms with E-state index in [0.29, 0.717) is 30.0 Å². The Labute approximate surface area is 112 Å². The fourth-order valence-electron chi connectivity index (χ4n) is 1.69. The minimum atomic E-state index is -0.296. The molecule has 0 aliphatic heterocycles. The van der Waals surface area contributed by atoms with Gasteiger partial charge in [-0.2, -0.15) is 0 Å². The van der Waals surface area contributed by atoms with Crippen LogP contribution < -0.4 is 15.8 Å². The van der Waals surface area contributed by atoms with Gasteiger partial charge in [-0.25, -0.2) is 0 Å². The summed E-state index contributed by atoms with van der Waals surface area (Å²) in [5.74, 6) is 0.300. The Morgan fingerprint density at radius 3 is 2.74 bits per heavy atom. The van der Waals surface area contributed by atoms with Crippen LogP contribution in [0.1, 0.15) is 16.8 Å². The monoisotopic (exact) mass is 268 g/mol. The molecular formula is C13H20N2O4. The fraction of sp³-hybridized carbons (Fsp3) is 0.462. The topological polar surface area (TPSA) is 93.8 Å². The normalized spacial score (nSPS) is 11.9. The lowest BCUT2D eigenvalue weighted by Gasteiger charge is -2.17. The van der Waals surface area contributed by atoms with Crippen LogP contribution in [0.15, 0.2) is 18.2 Å². The van der Waals surface area contributed by atoms with Crippen molar-refractivity contribution in [3.05, 3.63) is 23.8 Å². The minimum absolute atomic E-state index is 0.0214. The highest BCUT2D eigenvalue weighted by molar-refractivity contribution is 5.99. The van der Waals surface area contributed by atoms with Crippen LogP contribution >= 0.6 is 0 Å². The number of rotatable bonds is 7. The van der Waals surface area contributed by atoms with Gasteiger partial charge in [0.1, 0.15) is 5.75 Å². The van der Waals surface area contributed by atoms with Crippen LogP contribution in [0.2, 0.25) is 0 Å². The number of aliphatic hydroxyl groups is 1. The number of hydrogen-bond acceptors (Lipinski definition) is 5. The Balaban J connectivity index is 2.76. The number of carbonyl (C=O) groups excluding carboxylic acids is 1. The van der Waals surface area contributed by atoms with E-state index in [2.05, 4.69) is 5.32 Å². The third kappa shape index (κ3) is 4.42. The second-order valence-corrected chi connectivity index (χ2v) is 4.09. The summed E-state index contributed by atoms with van der Waals surface area (Å²) < 4.78 is 10.0. The summed E-state index contributed by atoms with van der Waals surface area (Å²) in [6.07, 6.45) is 0.426. The predicted octanol–water partition coefficient (Wildman–Crippen LogP) is 0.405. The van der Waals surface area contributed by atoms with E-state index >= 15 is 0 Å². The van der Waals surface area contributed by atoms with Gasteiger partial charge in [-0.1, -0.05) is 0 Å². The Kier molecular flexibility index (Phi) is 6.11. The van der Waals surface area contributed by atoms with Gasteiger partial charge in [-0.3, -0.25) is 4.79 Å². The number of ether oxygens (including phenoxy) is 2. The molecule has 6 heteroatoms. The van der Waals surface area contributed by atoms with Crippen molar-refractivity contribution in [2.24, 2.45) is 0 Å². The molecule has 0 radical (unpaired) electrons. The largest absolute Gasteiger partial charge is 0.497 e. The van der Waals surface area contributed by atoms with Gasteiger partial charge in [0.25, 0.3) is 5.91 Å². The lowest BCUT2D eigenvalue weighted by molar-refractivity contribution is 0.0879. The highest BCUT2D eigenvalue weighted by atomic mass is 16.5. The Morgan fingerprint density at radius 1 is 1.47 bits per heavy atom. The summed E-state index contributed by atoms with van der Waals surface area (Å²) >= 11 is 0. The van der Waals surface area contributed by atoms with Gasteiger partial charge in [-0.05, 0) is 18.6 Å². The molecule has 0 saturated carbocycles. The van der Waals surface area contributed by atoms with Gasteiger partial charge < -0.3 is 25.6 Å². The molecule has 0 bridgehead atoms. The number of anilines is 1. The van der Waals surface area contributed by atoms with E-state index in [0.717, 1.165) is 0 Å². The van der Waals surface area contributed by atoms with Gasteiger partial charge in [0.05, 0.1) is 25.3 Å². The Hall–Kier alpha value is -1.79. The number of nitrogen functional groups attached to an aromatic ring is 1. The third-order valence-electron chi connectivity index (χ3n) is 2.68. The van der Waals surface area contributed by atoms with E-state index < -0.39 is 0 Å². The molecule has 0 aromatic heterocycles. The summed E-state index contributed by atoms with van der Waals surface area (Å²) in [6, 6.07) is 4.62. The predicted molar refractivity (Wildman–Crippen MR) is 72.2 cm³/mol. The summed E-state index contributed by atoms with van der Waals surface area (Å²) in [6.45, 7) is 0.314. The molecule has 4 N–H and O–H groups in total. The number of nitrogens with one attached hydrogen (secondary N) is 1. The lowest BCUT2D eigenvalue weighted by atomic mass is 10.1. The van der Waals surface area contributed by atoms with Gasteiger partial charge in [-0.15, -0.1) is 0 Å². The van der Waals surface area contributed by atoms with Crippen LogP contribution in [0, 0.1) is 0 Å². The highest BCUT2D eigenvalue weighted by Crippen LogP contribution is 2.19. The first-order chi connectivity index (χ1) is 9.12. The summed E-state index contributed by atoms with van der Waals surface area (Å²) in [5, 5.41) is 11.7. The molecule has 6 nitrogen and oxygen atoms in total. The molecule has 106 valence electrons. The third-order valence-corrected chi connectivity index (χ3v) is 2.68. The number of hydrogen-bond donors (Lipinski definition) is 3. The van der Waals surface area contributed by atoms with Gasteiger partial charge >= 0.3 is 0 Å². The zero-order valence-corrected chi connectivity index (χ0v) is 11.2. The molecule has 0 aliphatic carbocycles. The maximum Gasteiger partial charge on any atom is 0.253 e. The Bertz CT molecular complexity index is 417. The molecule has 0 heterocycles. The van der Waals surface area contributed by atoms with Gasteiger partial charge in [0.15, 0.2) is 0 Å². The summed E-state index contributed by atoms with van der Waals surface area (Å²) in [7, 11) is 3.07. The molecule has 19 heavy (non-hydrogen) atoms. The van der Waals surface area contributed by atoms with E-state index in [1.165, 1.54) is 14.2 Å². The van der Waals surface area contributed by atoms with Crippen LogP contribution in [-0.2, 0) is 4.74 Å². The molecule has 1 aromatic rings. The van der Waals surface area contributed by atoms with E-state index in [-0.39, 0.29) is 18.6 Å². The summed E-state index contributed by atoms with van der Waals surface area (Å²) in [5.41, 5.74) is 6.52. The first-order valence-corrected chi connectivity index (χ1v) is 5.96. The first-order valence-electron chi connectivity index (χ1n) is 5.96. The number of nitrogens with two attached hydrogens (primary N) is 1. The first kappa shape index (κ1) is 15.3. The highest BCUT2D eigenvalue weighted by Gasteiger charge is 2.15. The van der Waals surface area contributed by atoms with Crippen LogP contribution in [0.4, 0.5) is 5.69 Å². The van der Waals surface area contributed by atoms with E-state index in [1.54, 1.807) is 18.2 Å². The second kappa shape index (κ2) is 7.60. The van der Waals surface area contributed by atoms with Crippen LogP contribution in [0.5, 0.6) is 5.75 Å². The smallest absolute Gasteiger partial charge is 0.253 e. The van der Waals surface area contributed by atoms with E-state index in [9.17, 15) is 4.79 Å². The molecule has 1 rings (SSSR count). The van der Waals surface area contributed by atoms with Crippen LogP contribution in [0.3, 0.4) is 0 Å². The molecule has 1 amide bonds. The Morgan fingerprint density at radius 2 is 2.21 bits per heavy atom. The van der Waals surface area contributed by atoms with Crippen LogP contribution in [-0.4, -0.2) is 44.5 Å². The van der Waals surface area contributed by atoms with Crippen molar-refractivity contribution < 1.29 is 19.4 Å². The number of benzene rings is 1. The quantitative estimate of drug-likeness (QED) is 0.622. The average Bonchev–Trinajstić information content (AvgIpc) is 2.38. The molecule has 0 fully saturated rings. The van der Waals surface area contributed by atoms with E-state index in [1.807, 2.05) is 0 Å². The molecule has 1 aromatic carbocycles. The van der Waals surface area contributed by atoms with Crippen molar-refractivity contribution in [2.75, 3.05) is 33.2 Å². The molecule has 0 saturated heterocycles. The number of carbonyl (C=O) groups is 1. The zero-order valence-electron chi connectivity index (χ0n) is 11.2. The molecule has 0 spiro atoms. The van der Waals surface area contributed by atoms with Gasteiger partial charge in [0.2, 0.25) is 0 Å². The molecule has 1 unspecified atom stereocenters. The van der Waals surface area contributed by atoms with Crippen molar-refractivity contribution >= 4 is 11.6 Å². The van der Waals surface area contributed by atoms with Crippen molar-refractivity contribution in [3.63, 3.8) is 0 Å². The number of aliphatic hydroxyl groups excluding tert-OH is 1. The molecule has 0 aliphatic rings. The average molecular weight is 268 g/mol. The van der Waals surface area contributed by atoms with Crippen LogP contribution in [0.25, 0.3) is 0 Å². The zero-order chi connectivity index (χ0) is 14.3. The second-order valence-electron chi connectivity index (χ2n) is 4.09. The number of methoxy groups -OCH3 is 2. The van der Waals surface area contributed by atoms with E-state index in [4.69, 9.17) is 20.3 Å². The van der Waals surface area contributed by atoms with Crippen molar-refractivity contribution in [2.45, 2.75) is 12.5 Å². The maximum atomic E-state index is 12.1. The number of amides is 1. The minimum Gasteiger partial charge on any atom is -0.497 e.